The van der Waals surface area contributed by atoms with Gasteiger partial charge in [-0.25, -0.2) is 4.79 Å². The molecule has 0 bridgehead atoms. The molecule has 0 saturated heterocycles. The van der Waals surface area contributed by atoms with Crippen LogP contribution in [0.1, 0.15) is 33.1 Å². The summed E-state index contributed by atoms with van der Waals surface area (Å²) in [6, 6.07) is 9.64. The maximum Gasteiger partial charge on any atom is 0.329 e. The van der Waals surface area contributed by atoms with E-state index in [1.165, 1.54) is 0 Å². The van der Waals surface area contributed by atoms with Crippen LogP contribution in [0, 0.1) is 11.8 Å². The molecule has 1 aliphatic rings. The Hall–Kier alpha value is -1.51. The highest BCUT2D eigenvalue weighted by Crippen LogP contribution is 2.40. The van der Waals surface area contributed by atoms with Gasteiger partial charge in [0, 0.05) is 5.69 Å². The highest BCUT2D eigenvalue weighted by Gasteiger charge is 2.47. The zero-order valence-electron chi connectivity index (χ0n) is 11.0. The van der Waals surface area contributed by atoms with E-state index in [0.717, 1.165) is 18.5 Å². The molecule has 98 valence electrons. The standard InChI is InChI=1S/C15H21NO2/c1-11-7-6-10-15(12(11)2,14(17)18)16-13-8-4-3-5-9-13/h3-5,8-9,11-12,16H,6-7,10H2,1-2H3,(H,17,18). The van der Waals surface area contributed by atoms with Crippen LogP contribution in [0.3, 0.4) is 0 Å². The Balaban J connectivity index is 2.29. The first-order valence-electron chi connectivity index (χ1n) is 6.63. The number of hydrogen-bond donors (Lipinski definition) is 2. The number of aliphatic carboxylic acids is 1. The Morgan fingerprint density at radius 3 is 2.61 bits per heavy atom. The minimum atomic E-state index is -0.820. The number of anilines is 1. The van der Waals surface area contributed by atoms with Gasteiger partial charge in [0.1, 0.15) is 5.54 Å². The first-order chi connectivity index (χ1) is 8.56. The summed E-state index contributed by atoms with van der Waals surface area (Å²) < 4.78 is 0. The normalized spacial score (nSPS) is 31.9. The van der Waals surface area contributed by atoms with E-state index in [9.17, 15) is 9.90 Å². The van der Waals surface area contributed by atoms with Crippen molar-refractivity contribution in [2.75, 3.05) is 5.32 Å². The summed E-state index contributed by atoms with van der Waals surface area (Å²) in [6.07, 6.45) is 2.78. The highest BCUT2D eigenvalue weighted by atomic mass is 16.4. The summed E-state index contributed by atoms with van der Waals surface area (Å²) in [4.78, 5) is 11.8. The molecule has 0 aliphatic heterocycles. The molecule has 3 unspecified atom stereocenters. The maximum absolute atomic E-state index is 11.8. The van der Waals surface area contributed by atoms with E-state index in [0.29, 0.717) is 12.3 Å². The van der Waals surface area contributed by atoms with Gasteiger partial charge in [0.15, 0.2) is 0 Å². The molecule has 3 heteroatoms. The molecule has 0 radical (unpaired) electrons. The van der Waals surface area contributed by atoms with Gasteiger partial charge in [-0.3, -0.25) is 0 Å². The van der Waals surface area contributed by atoms with E-state index < -0.39 is 11.5 Å². The minimum Gasteiger partial charge on any atom is -0.479 e. The number of benzene rings is 1. The van der Waals surface area contributed by atoms with Crippen molar-refractivity contribution in [1.29, 1.82) is 0 Å². The fourth-order valence-corrected chi connectivity index (χ4v) is 2.98. The summed E-state index contributed by atoms with van der Waals surface area (Å²) in [5, 5.41) is 13.0. The Morgan fingerprint density at radius 1 is 1.33 bits per heavy atom. The molecule has 3 nitrogen and oxygen atoms in total. The van der Waals surface area contributed by atoms with Gasteiger partial charge in [-0.2, -0.15) is 0 Å². The van der Waals surface area contributed by atoms with Crippen molar-refractivity contribution < 1.29 is 9.90 Å². The molecule has 3 atom stereocenters. The largest absolute Gasteiger partial charge is 0.479 e. The SMILES string of the molecule is CC1CCCC(Nc2ccccc2)(C(=O)O)C1C. The fourth-order valence-electron chi connectivity index (χ4n) is 2.98. The van der Waals surface area contributed by atoms with Gasteiger partial charge < -0.3 is 10.4 Å². The molecule has 0 spiro atoms. The summed E-state index contributed by atoms with van der Waals surface area (Å²) in [5.41, 5.74) is 0.0693. The molecule has 0 heterocycles. The molecule has 1 aromatic carbocycles. The number of carboxylic acids is 1. The van der Waals surface area contributed by atoms with Crippen LogP contribution in [0.5, 0.6) is 0 Å². The van der Waals surface area contributed by atoms with Crippen molar-refractivity contribution in [2.24, 2.45) is 11.8 Å². The molecule has 1 fully saturated rings. The van der Waals surface area contributed by atoms with Gasteiger partial charge in [-0.1, -0.05) is 44.9 Å². The lowest BCUT2D eigenvalue weighted by Gasteiger charge is -2.43. The summed E-state index contributed by atoms with van der Waals surface area (Å²) in [6.45, 7) is 4.20. The lowest BCUT2D eigenvalue weighted by atomic mass is 9.68. The average Bonchev–Trinajstić information content (AvgIpc) is 2.36. The van der Waals surface area contributed by atoms with E-state index in [4.69, 9.17) is 0 Å². The van der Waals surface area contributed by atoms with E-state index >= 15 is 0 Å². The number of para-hydroxylation sites is 1. The lowest BCUT2D eigenvalue weighted by Crippen LogP contribution is -2.55. The van der Waals surface area contributed by atoms with Crippen molar-refractivity contribution in [2.45, 2.75) is 38.6 Å². The Labute approximate surface area is 108 Å². The predicted octanol–water partition coefficient (Wildman–Crippen LogP) is 3.38. The Bertz CT molecular complexity index is 418. The van der Waals surface area contributed by atoms with Crippen LogP contribution in [0.15, 0.2) is 30.3 Å². The van der Waals surface area contributed by atoms with Crippen LogP contribution >= 0.6 is 0 Å². The monoisotopic (exact) mass is 247 g/mol. The van der Waals surface area contributed by atoms with Crippen molar-refractivity contribution in [3.05, 3.63) is 30.3 Å². The van der Waals surface area contributed by atoms with Gasteiger partial charge in [0.25, 0.3) is 0 Å². The van der Waals surface area contributed by atoms with Crippen molar-refractivity contribution >= 4 is 11.7 Å². The smallest absolute Gasteiger partial charge is 0.329 e. The maximum atomic E-state index is 11.8. The average molecular weight is 247 g/mol. The van der Waals surface area contributed by atoms with Crippen LogP contribution < -0.4 is 5.32 Å². The Kier molecular flexibility index (Phi) is 3.60. The predicted molar refractivity (Wildman–Crippen MR) is 72.6 cm³/mol. The quantitative estimate of drug-likeness (QED) is 0.861. The van der Waals surface area contributed by atoms with E-state index in [1.54, 1.807) is 0 Å². The van der Waals surface area contributed by atoms with Crippen LogP contribution in [-0.2, 0) is 4.79 Å². The van der Waals surface area contributed by atoms with Gasteiger partial charge >= 0.3 is 5.97 Å². The highest BCUT2D eigenvalue weighted by molar-refractivity contribution is 5.83. The molecule has 0 aromatic heterocycles. The second-order valence-electron chi connectivity index (χ2n) is 5.43. The summed E-state index contributed by atoms with van der Waals surface area (Å²) >= 11 is 0. The molecule has 1 saturated carbocycles. The topological polar surface area (TPSA) is 49.3 Å². The second kappa shape index (κ2) is 5.01. The number of carboxylic acid groups (broad SMARTS) is 1. The third-order valence-corrected chi connectivity index (χ3v) is 4.38. The molecule has 1 aliphatic carbocycles. The first-order valence-corrected chi connectivity index (χ1v) is 6.63. The zero-order valence-corrected chi connectivity index (χ0v) is 11.0. The number of rotatable bonds is 3. The van der Waals surface area contributed by atoms with Crippen LogP contribution in [0.4, 0.5) is 5.69 Å². The van der Waals surface area contributed by atoms with Crippen molar-refractivity contribution in [3.8, 4) is 0 Å². The van der Waals surface area contributed by atoms with Crippen molar-refractivity contribution in [3.63, 3.8) is 0 Å². The van der Waals surface area contributed by atoms with Gasteiger partial charge in [-0.15, -0.1) is 0 Å². The number of carbonyl (C=O) groups is 1. The third kappa shape index (κ3) is 2.22. The Morgan fingerprint density at radius 2 is 2.00 bits per heavy atom. The summed E-state index contributed by atoms with van der Waals surface area (Å²) in [5.74, 6) is -0.166. The zero-order chi connectivity index (χ0) is 13.2. The molecule has 1 aromatic rings. The first kappa shape index (κ1) is 12.9. The van der Waals surface area contributed by atoms with Crippen LogP contribution in [-0.4, -0.2) is 16.6 Å². The molecule has 0 amide bonds. The van der Waals surface area contributed by atoms with E-state index in [1.807, 2.05) is 37.3 Å². The van der Waals surface area contributed by atoms with Crippen LogP contribution in [0.25, 0.3) is 0 Å². The number of hydrogen-bond acceptors (Lipinski definition) is 2. The fraction of sp³-hybridized carbons (Fsp3) is 0.533. The molecular weight excluding hydrogens is 226 g/mol. The van der Waals surface area contributed by atoms with Gasteiger partial charge in [0.2, 0.25) is 0 Å². The number of nitrogens with one attached hydrogen (secondary N) is 1. The van der Waals surface area contributed by atoms with E-state index in [-0.39, 0.29) is 5.92 Å². The second-order valence-corrected chi connectivity index (χ2v) is 5.43. The molecule has 18 heavy (non-hydrogen) atoms. The van der Waals surface area contributed by atoms with Crippen LogP contribution in [0.2, 0.25) is 0 Å². The summed E-state index contributed by atoms with van der Waals surface area (Å²) in [7, 11) is 0. The molecule has 2 N–H and O–H groups in total. The third-order valence-electron chi connectivity index (χ3n) is 4.38. The van der Waals surface area contributed by atoms with E-state index in [2.05, 4.69) is 12.2 Å². The van der Waals surface area contributed by atoms with Gasteiger partial charge in [0.05, 0.1) is 0 Å². The minimum absolute atomic E-state index is 0.129. The van der Waals surface area contributed by atoms with Crippen molar-refractivity contribution in [1.82, 2.24) is 0 Å². The molecular formula is C15H21NO2. The molecule has 2 rings (SSSR count). The lowest BCUT2D eigenvalue weighted by molar-refractivity contribution is -0.146. The van der Waals surface area contributed by atoms with Gasteiger partial charge in [-0.05, 0) is 30.4 Å².